The first kappa shape index (κ1) is 29.6. The normalized spacial score (nSPS) is 14.3. The van der Waals surface area contributed by atoms with E-state index < -0.39 is 53.8 Å². The second kappa shape index (κ2) is 14.6. The highest BCUT2D eigenvalue weighted by molar-refractivity contribution is 5.94. The molecule has 0 saturated heterocycles. The molecule has 0 saturated carbocycles. The summed E-state index contributed by atoms with van der Waals surface area (Å²) in [4.78, 5) is 63.4. The molecule has 0 spiro atoms. The van der Waals surface area contributed by atoms with Gasteiger partial charge in [-0.05, 0) is 32.1 Å². The number of carbonyl (C=O) groups excluding carboxylic acids is 4. The van der Waals surface area contributed by atoms with Gasteiger partial charge in [0, 0.05) is 13.0 Å². The fraction of sp³-hybridized carbons (Fsp3) is 0.684. The molecule has 0 heterocycles. The topological polar surface area (TPSA) is 258 Å². The highest BCUT2D eigenvalue weighted by Crippen LogP contribution is 2.04. The lowest BCUT2D eigenvalue weighted by Gasteiger charge is -2.24. The lowest BCUT2D eigenvalue weighted by atomic mass is 10.0. The molecule has 14 nitrogen and oxygen atoms in total. The molecule has 0 aliphatic heterocycles. The maximum absolute atomic E-state index is 12.7. The highest BCUT2D eigenvalue weighted by atomic mass is 16.4. The fourth-order valence-corrected chi connectivity index (χ4v) is 2.56. The number of nitrogens with one attached hydrogen (secondary N) is 3. The quantitative estimate of drug-likeness (QED) is 0.0678. The van der Waals surface area contributed by atoms with Crippen molar-refractivity contribution in [2.24, 2.45) is 33.8 Å². The van der Waals surface area contributed by atoms with E-state index in [0.29, 0.717) is 6.42 Å². The van der Waals surface area contributed by atoms with Gasteiger partial charge >= 0.3 is 5.97 Å². The Morgan fingerprint density at radius 2 is 1.42 bits per heavy atom. The number of aliphatic carboxylic acids is 1. The van der Waals surface area contributed by atoms with Crippen molar-refractivity contribution in [2.45, 2.75) is 70.6 Å². The Hall–Kier alpha value is -3.42. The standard InChI is InChI=1S/C19H36N8O6/c1-9(2)14(21)17(31)26-11(5-4-8-24-19(22)23)16(30)25-10(3)15(29)27-12(18(32)33)6-7-13(20)28/h9-12,14H,4-8,21H2,1-3H3,(H2,20,28)(H,25,30)(H,26,31)(H,27,29)(H,32,33)(H4,22,23,24). The third-order valence-corrected chi connectivity index (χ3v) is 4.65. The van der Waals surface area contributed by atoms with Gasteiger partial charge in [0.05, 0.1) is 6.04 Å². The number of amides is 4. The van der Waals surface area contributed by atoms with Gasteiger partial charge < -0.3 is 44.0 Å². The zero-order valence-corrected chi connectivity index (χ0v) is 19.2. The predicted molar refractivity (Wildman–Crippen MR) is 120 cm³/mol. The molecule has 0 aromatic heterocycles. The number of nitrogens with two attached hydrogens (primary N) is 4. The molecule has 4 amide bonds. The molecule has 0 aromatic rings. The van der Waals surface area contributed by atoms with Crippen molar-refractivity contribution >= 4 is 35.6 Å². The number of aliphatic imine (C=N–C) groups is 1. The van der Waals surface area contributed by atoms with Crippen LogP contribution < -0.4 is 38.9 Å². The maximum atomic E-state index is 12.7. The van der Waals surface area contributed by atoms with E-state index in [9.17, 15) is 29.1 Å². The number of rotatable bonds is 15. The first-order valence-electron chi connectivity index (χ1n) is 10.5. The Kier molecular flexibility index (Phi) is 13.1. The van der Waals surface area contributed by atoms with Crippen molar-refractivity contribution in [3.8, 4) is 0 Å². The largest absolute Gasteiger partial charge is 0.480 e. The highest BCUT2D eigenvalue weighted by Gasteiger charge is 2.28. The van der Waals surface area contributed by atoms with Crippen LogP contribution in [0.4, 0.5) is 0 Å². The second-order valence-electron chi connectivity index (χ2n) is 7.91. The first-order chi connectivity index (χ1) is 15.3. The Bertz CT molecular complexity index is 738. The van der Waals surface area contributed by atoms with Gasteiger partial charge in [-0.3, -0.25) is 24.2 Å². The molecule has 14 heteroatoms. The molecule has 33 heavy (non-hydrogen) atoms. The molecular formula is C19H36N8O6. The minimum Gasteiger partial charge on any atom is -0.480 e. The van der Waals surface area contributed by atoms with Crippen molar-refractivity contribution in [1.82, 2.24) is 16.0 Å². The molecule has 0 rings (SSSR count). The molecular weight excluding hydrogens is 436 g/mol. The number of primary amides is 1. The molecule has 0 aliphatic carbocycles. The summed E-state index contributed by atoms with van der Waals surface area (Å²) in [6.45, 7) is 5.07. The molecule has 188 valence electrons. The van der Waals surface area contributed by atoms with Gasteiger partial charge in [0.1, 0.15) is 18.1 Å². The van der Waals surface area contributed by atoms with Crippen LogP contribution in [0, 0.1) is 5.92 Å². The van der Waals surface area contributed by atoms with Crippen LogP contribution in [-0.2, 0) is 24.0 Å². The van der Waals surface area contributed by atoms with Crippen LogP contribution in [0.15, 0.2) is 4.99 Å². The van der Waals surface area contributed by atoms with Crippen molar-refractivity contribution in [3.63, 3.8) is 0 Å². The van der Waals surface area contributed by atoms with E-state index in [0.717, 1.165) is 0 Å². The van der Waals surface area contributed by atoms with Crippen LogP contribution in [0.1, 0.15) is 46.5 Å². The summed E-state index contributed by atoms with van der Waals surface area (Å²) in [6.07, 6.45) is 0.0669. The fourth-order valence-electron chi connectivity index (χ4n) is 2.56. The number of hydrogen-bond acceptors (Lipinski definition) is 7. The van der Waals surface area contributed by atoms with E-state index >= 15 is 0 Å². The van der Waals surface area contributed by atoms with Gasteiger partial charge in [0.2, 0.25) is 23.6 Å². The SMILES string of the molecule is CC(NC(=O)C(CCCN=C(N)N)NC(=O)C(N)C(C)C)C(=O)NC(CCC(N)=O)C(=O)O. The Labute approximate surface area is 192 Å². The zero-order chi connectivity index (χ0) is 25.7. The van der Waals surface area contributed by atoms with Gasteiger partial charge in [-0.1, -0.05) is 13.8 Å². The number of carbonyl (C=O) groups is 5. The number of nitrogens with zero attached hydrogens (tertiary/aromatic N) is 1. The average Bonchev–Trinajstić information content (AvgIpc) is 2.71. The number of hydrogen-bond donors (Lipinski definition) is 8. The number of carboxylic acids is 1. The molecule has 0 bridgehead atoms. The summed E-state index contributed by atoms with van der Waals surface area (Å²) in [5.74, 6) is -4.35. The van der Waals surface area contributed by atoms with E-state index in [2.05, 4.69) is 20.9 Å². The minimum absolute atomic E-state index is 0.114. The minimum atomic E-state index is -1.36. The van der Waals surface area contributed by atoms with E-state index in [4.69, 9.17) is 22.9 Å². The van der Waals surface area contributed by atoms with Crippen molar-refractivity contribution in [2.75, 3.05) is 6.54 Å². The molecule has 0 radical (unpaired) electrons. The molecule has 0 fully saturated rings. The molecule has 4 atom stereocenters. The third-order valence-electron chi connectivity index (χ3n) is 4.65. The number of guanidine groups is 1. The van der Waals surface area contributed by atoms with Crippen LogP contribution in [-0.4, -0.2) is 71.4 Å². The first-order valence-corrected chi connectivity index (χ1v) is 10.5. The van der Waals surface area contributed by atoms with Crippen molar-refractivity contribution in [1.29, 1.82) is 0 Å². The van der Waals surface area contributed by atoms with Crippen LogP contribution in [0.25, 0.3) is 0 Å². The Morgan fingerprint density at radius 3 is 1.91 bits per heavy atom. The van der Waals surface area contributed by atoms with Crippen LogP contribution in [0.3, 0.4) is 0 Å². The summed E-state index contributed by atoms with van der Waals surface area (Å²) in [7, 11) is 0. The zero-order valence-electron chi connectivity index (χ0n) is 19.2. The summed E-state index contributed by atoms with van der Waals surface area (Å²) in [5.41, 5.74) is 21.4. The summed E-state index contributed by atoms with van der Waals surface area (Å²) >= 11 is 0. The van der Waals surface area contributed by atoms with Gasteiger partial charge in [0.25, 0.3) is 0 Å². The van der Waals surface area contributed by atoms with Gasteiger partial charge in [-0.15, -0.1) is 0 Å². The van der Waals surface area contributed by atoms with Crippen LogP contribution in [0.2, 0.25) is 0 Å². The second-order valence-corrected chi connectivity index (χ2v) is 7.91. The third kappa shape index (κ3) is 12.3. The molecule has 0 aromatic carbocycles. The Morgan fingerprint density at radius 1 is 0.848 bits per heavy atom. The number of carboxylic acid groups (broad SMARTS) is 1. The van der Waals surface area contributed by atoms with E-state index in [-0.39, 0.29) is 37.7 Å². The molecule has 12 N–H and O–H groups in total. The van der Waals surface area contributed by atoms with Gasteiger partial charge in [0.15, 0.2) is 5.96 Å². The van der Waals surface area contributed by atoms with Gasteiger partial charge in [-0.2, -0.15) is 0 Å². The lowest BCUT2D eigenvalue weighted by Crippen LogP contribution is -2.56. The Balaban J connectivity index is 5.18. The van der Waals surface area contributed by atoms with Crippen LogP contribution >= 0.6 is 0 Å². The summed E-state index contributed by atoms with van der Waals surface area (Å²) in [5, 5.41) is 16.4. The van der Waals surface area contributed by atoms with E-state index in [1.807, 2.05) is 0 Å². The van der Waals surface area contributed by atoms with Crippen LogP contribution in [0.5, 0.6) is 0 Å². The lowest BCUT2D eigenvalue weighted by molar-refractivity contribution is -0.142. The predicted octanol–water partition coefficient (Wildman–Crippen LogP) is -3.15. The smallest absolute Gasteiger partial charge is 0.326 e. The maximum Gasteiger partial charge on any atom is 0.326 e. The monoisotopic (exact) mass is 472 g/mol. The molecule has 4 unspecified atom stereocenters. The van der Waals surface area contributed by atoms with E-state index in [1.54, 1.807) is 13.8 Å². The molecule has 0 aliphatic rings. The summed E-state index contributed by atoms with van der Waals surface area (Å²) < 4.78 is 0. The van der Waals surface area contributed by atoms with Crippen molar-refractivity contribution < 1.29 is 29.1 Å². The van der Waals surface area contributed by atoms with Gasteiger partial charge in [-0.25, -0.2) is 4.79 Å². The van der Waals surface area contributed by atoms with E-state index in [1.165, 1.54) is 6.92 Å². The summed E-state index contributed by atoms with van der Waals surface area (Å²) in [6, 6.07) is -4.37. The van der Waals surface area contributed by atoms with Crippen molar-refractivity contribution in [3.05, 3.63) is 0 Å². The average molecular weight is 473 g/mol.